The van der Waals surface area contributed by atoms with Gasteiger partial charge in [-0.1, -0.05) is 30.3 Å². The van der Waals surface area contributed by atoms with Gasteiger partial charge in [-0.15, -0.1) is 0 Å². The van der Waals surface area contributed by atoms with Crippen LogP contribution in [0, 0.1) is 36.5 Å². The third-order valence-corrected chi connectivity index (χ3v) is 5.75. The summed E-state index contributed by atoms with van der Waals surface area (Å²) in [4.78, 5) is 12.8. The fourth-order valence-corrected chi connectivity index (χ4v) is 3.93. The maximum absolute atomic E-state index is 12.8. The van der Waals surface area contributed by atoms with Crippen LogP contribution in [0.15, 0.2) is 64.6 Å². The van der Waals surface area contributed by atoms with Gasteiger partial charge in [0.2, 0.25) is 0 Å². The molecule has 0 saturated carbocycles. The molecule has 0 atom stereocenters. The Bertz CT molecular complexity index is 1370. The molecule has 0 aliphatic rings. The van der Waals surface area contributed by atoms with Crippen molar-refractivity contribution in [2.45, 2.75) is 27.4 Å². The Morgan fingerprint density at radius 3 is 2.57 bits per heavy atom. The van der Waals surface area contributed by atoms with E-state index in [1.54, 1.807) is 24.3 Å². The Balaban J connectivity index is 1.88. The number of halogens is 1. The minimum absolute atomic E-state index is 0.0446. The van der Waals surface area contributed by atoms with Gasteiger partial charge in [-0.05, 0) is 83.7 Å². The summed E-state index contributed by atoms with van der Waals surface area (Å²) in [5.74, 6) is 0.425. The molecule has 3 rings (SSSR count). The lowest BCUT2D eigenvalue weighted by atomic mass is 10.1. The molecule has 3 aromatic rings. The zero-order valence-corrected chi connectivity index (χ0v) is 21.3. The maximum atomic E-state index is 12.8. The summed E-state index contributed by atoms with van der Waals surface area (Å²) in [6.45, 7) is 6.25. The van der Waals surface area contributed by atoms with Crippen molar-refractivity contribution in [2.24, 2.45) is 0 Å². The third-order valence-electron chi connectivity index (χ3n) is 5.16. The van der Waals surface area contributed by atoms with Crippen LogP contribution >= 0.6 is 15.9 Å². The van der Waals surface area contributed by atoms with Crippen molar-refractivity contribution in [3.63, 3.8) is 0 Å². The number of nitriles is 2. The highest BCUT2D eigenvalue weighted by atomic mass is 79.9. The van der Waals surface area contributed by atoms with E-state index in [0.717, 1.165) is 16.7 Å². The molecule has 3 aromatic carbocycles. The first-order valence-corrected chi connectivity index (χ1v) is 11.7. The SMILES string of the molecule is CCOc1cc(/C=C(\C#N)C(=O)Nc2cc(C)ccc2C)cc(Br)c1OCc1ccccc1C#N. The normalized spacial score (nSPS) is 10.7. The first kappa shape index (κ1) is 25.6. The van der Waals surface area contributed by atoms with E-state index in [-0.39, 0.29) is 12.2 Å². The molecule has 6 nitrogen and oxygen atoms in total. The molecule has 7 heteroatoms. The summed E-state index contributed by atoms with van der Waals surface area (Å²) in [6, 6.07) is 20.5. The molecule has 1 N–H and O–H groups in total. The Kier molecular flexibility index (Phi) is 8.67. The number of anilines is 1. The first-order valence-electron chi connectivity index (χ1n) is 10.9. The molecule has 35 heavy (non-hydrogen) atoms. The smallest absolute Gasteiger partial charge is 0.266 e. The van der Waals surface area contributed by atoms with Crippen LogP contribution < -0.4 is 14.8 Å². The van der Waals surface area contributed by atoms with E-state index in [1.807, 2.05) is 57.2 Å². The van der Waals surface area contributed by atoms with Gasteiger partial charge in [0.25, 0.3) is 5.91 Å². The molecule has 1 amide bonds. The van der Waals surface area contributed by atoms with Crippen LogP contribution in [0.2, 0.25) is 0 Å². The van der Waals surface area contributed by atoms with Crippen molar-refractivity contribution in [1.82, 2.24) is 0 Å². The third kappa shape index (κ3) is 6.50. The van der Waals surface area contributed by atoms with Gasteiger partial charge in [0, 0.05) is 11.3 Å². The van der Waals surface area contributed by atoms with Crippen LogP contribution in [0.1, 0.15) is 34.7 Å². The number of nitrogens with one attached hydrogen (secondary N) is 1. The van der Waals surface area contributed by atoms with Crippen LogP contribution in [-0.2, 0) is 11.4 Å². The second kappa shape index (κ2) is 11.9. The van der Waals surface area contributed by atoms with Gasteiger partial charge in [0.1, 0.15) is 18.2 Å². The van der Waals surface area contributed by atoms with Crippen molar-refractivity contribution in [1.29, 1.82) is 10.5 Å². The molecule has 0 bridgehead atoms. The number of carbonyl (C=O) groups is 1. The highest BCUT2D eigenvalue weighted by Crippen LogP contribution is 2.38. The van der Waals surface area contributed by atoms with E-state index >= 15 is 0 Å². The molecule has 0 spiro atoms. The van der Waals surface area contributed by atoms with E-state index in [2.05, 4.69) is 27.3 Å². The molecule has 0 fully saturated rings. The van der Waals surface area contributed by atoms with Crippen LogP contribution in [-0.4, -0.2) is 12.5 Å². The Morgan fingerprint density at radius 1 is 1.09 bits per heavy atom. The number of ether oxygens (including phenoxy) is 2. The molecular formula is C28H24BrN3O3. The highest BCUT2D eigenvalue weighted by molar-refractivity contribution is 9.10. The molecule has 0 saturated heterocycles. The average Bonchev–Trinajstić information content (AvgIpc) is 2.84. The predicted octanol–water partition coefficient (Wildman–Crippen LogP) is 6.46. The number of amides is 1. The number of aryl methyl sites for hydroxylation is 2. The summed E-state index contributed by atoms with van der Waals surface area (Å²) < 4.78 is 12.4. The van der Waals surface area contributed by atoms with Gasteiger partial charge >= 0.3 is 0 Å². The lowest BCUT2D eigenvalue weighted by Crippen LogP contribution is -2.14. The average molecular weight is 530 g/mol. The number of hydrogen-bond donors (Lipinski definition) is 1. The summed E-state index contributed by atoms with van der Waals surface area (Å²) in [5.41, 5.74) is 4.41. The predicted molar refractivity (Wildman–Crippen MR) is 139 cm³/mol. The fourth-order valence-electron chi connectivity index (χ4n) is 3.35. The minimum atomic E-state index is -0.497. The zero-order valence-electron chi connectivity index (χ0n) is 19.7. The number of rotatable bonds is 8. The second-order valence-corrected chi connectivity index (χ2v) is 8.62. The lowest BCUT2D eigenvalue weighted by molar-refractivity contribution is -0.112. The van der Waals surface area contributed by atoms with Crippen molar-refractivity contribution < 1.29 is 14.3 Å². The van der Waals surface area contributed by atoms with Crippen LogP contribution in [0.5, 0.6) is 11.5 Å². The quantitative estimate of drug-likeness (QED) is 0.266. The number of nitrogens with zero attached hydrogens (tertiary/aromatic N) is 2. The second-order valence-electron chi connectivity index (χ2n) is 7.76. The van der Waals surface area contributed by atoms with E-state index < -0.39 is 5.91 Å². The van der Waals surface area contributed by atoms with Crippen molar-refractivity contribution in [3.8, 4) is 23.6 Å². The summed E-state index contributed by atoms with van der Waals surface area (Å²) in [6.07, 6.45) is 1.50. The van der Waals surface area contributed by atoms with Gasteiger partial charge < -0.3 is 14.8 Å². The van der Waals surface area contributed by atoms with E-state index in [9.17, 15) is 15.3 Å². The fraction of sp³-hybridized carbons (Fsp3) is 0.179. The van der Waals surface area contributed by atoms with E-state index in [0.29, 0.717) is 39.4 Å². The Hall–Kier alpha value is -4.07. The van der Waals surface area contributed by atoms with Crippen LogP contribution in [0.3, 0.4) is 0 Å². The molecule has 0 heterocycles. The molecule has 0 unspecified atom stereocenters. The molecule has 0 aliphatic heterocycles. The van der Waals surface area contributed by atoms with Crippen molar-refractivity contribution >= 4 is 33.6 Å². The first-order chi connectivity index (χ1) is 16.9. The minimum Gasteiger partial charge on any atom is -0.490 e. The Morgan fingerprint density at radius 2 is 1.86 bits per heavy atom. The molecule has 0 aromatic heterocycles. The number of benzene rings is 3. The molecule has 0 radical (unpaired) electrons. The summed E-state index contributed by atoms with van der Waals surface area (Å²) >= 11 is 3.51. The number of hydrogen-bond acceptors (Lipinski definition) is 5. The Labute approximate surface area is 213 Å². The summed E-state index contributed by atoms with van der Waals surface area (Å²) in [7, 11) is 0. The molecular weight excluding hydrogens is 506 g/mol. The van der Waals surface area contributed by atoms with Crippen LogP contribution in [0.4, 0.5) is 5.69 Å². The van der Waals surface area contributed by atoms with E-state index in [4.69, 9.17) is 9.47 Å². The van der Waals surface area contributed by atoms with Crippen molar-refractivity contribution in [2.75, 3.05) is 11.9 Å². The topological polar surface area (TPSA) is 95.1 Å². The maximum Gasteiger partial charge on any atom is 0.266 e. The number of carbonyl (C=O) groups excluding carboxylic acids is 1. The van der Waals surface area contributed by atoms with Gasteiger partial charge in [0.05, 0.1) is 22.7 Å². The van der Waals surface area contributed by atoms with Gasteiger partial charge in [0.15, 0.2) is 11.5 Å². The molecule has 0 aliphatic carbocycles. The molecule has 176 valence electrons. The van der Waals surface area contributed by atoms with Crippen molar-refractivity contribution in [3.05, 3.63) is 92.5 Å². The van der Waals surface area contributed by atoms with Gasteiger partial charge in [-0.25, -0.2) is 0 Å². The van der Waals surface area contributed by atoms with Gasteiger partial charge in [-0.2, -0.15) is 10.5 Å². The largest absolute Gasteiger partial charge is 0.490 e. The van der Waals surface area contributed by atoms with E-state index in [1.165, 1.54) is 6.08 Å². The highest BCUT2D eigenvalue weighted by Gasteiger charge is 2.16. The lowest BCUT2D eigenvalue weighted by Gasteiger charge is -2.15. The van der Waals surface area contributed by atoms with Crippen LogP contribution in [0.25, 0.3) is 6.08 Å². The zero-order chi connectivity index (χ0) is 25.4. The standard InChI is InChI=1S/C28H24BrN3O3/c1-4-34-26-14-20(12-23(16-31)28(33)32-25-11-18(2)9-10-19(25)3)13-24(29)27(26)35-17-22-8-6-5-7-21(22)15-30/h5-14H,4,17H2,1-3H3,(H,32,33)/b23-12+. The monoisotopic (exact) mass is 529 g/mol. The van der Waals surface area contributed by atoms with Gasteiger partial charge in [-0.3, -0.25) is 4.79 Å². The summed E-state index contributed by atoms with van der Waals surface area (Å²) in [5, 5.41) is 21.8.